The van der Waals surface area contributed by atoms with Gasteiger partial charge in [0.15, 0.2) is 0 Å². The molecule has 0 amide bonds. The van der Waals surface area contributed by atoms with Crippen molar-refractivity contribution in [3.63, 3.8) is 0 Å². The zero-order valence-corrected chi connectivity index (χ0v) is 15.2. The van der Waals surface area contributed by atoms with E-state index in [2.05, 4.69) is 20.5 Å². The van der Waals surface area contributed by atoms with E-state index >= 15 is 0 Å². The van der Waals surface area contributed by atoms with E-state index in [4.69, 9.17) is 4.74 Å². The molecule has 28 heavy (non-hydrogen) atoms. The number of phenolic OH excluding ortho intramolecular Hbond substituents is 1. The summed E-state index contributed by atoms with van der Waals surface area (Å²) < 4.78 is 5.23. The fourth-order valence-electron chi connectivity index (χ4n) is 2.61. The van der Waals surface area contributed by atoms with Crippen molar-refractivity contribution in [2.45, 2.75) is 6.92 Å². The molecular formula is C20H17N5O3. The summed E-state index contributed by atoms with van der Waals surface area (Å²) >= 11 is 0. The van der Waals surface area contributed by atoms with Crippen LogP contribution in [-0.2, 0) is 0 Å². The number of nitriles is 1. The topological polar surface area (TPSA) is 123 Å². The van der Waals surface area contributed by atoms with E-state index in [1.54, 1.807) is 36.4 Å². The lowest BCUT2D eigenvalue weighted by molar-refractivity contribution is 0.409. The molecule has 0 aliphatic rings. The molecule has 0 unspecified atom stereocenters. The molecule has 140 valence electrons. The van der Waals surface area contributed by atoms with E-state index in [-0.39, 0.29) is 23.0 Å². The van der Waals surface area contributed by atoms with Gasteiger partial charge in [0, 0.05) is 11.1 Å². The fraction of sp³-hybridized carbons (Fsp3) is 0.100. The molecule has 1 heterocycles. The number of rotatable bonds is 5. The molecule has 0 atom stereocenters. The predicted molar refractivity (Wildman–Crippen MR) is 106 cm³/mol. The van der Waals surface area contributed by atoms with Crippen molar-refractivity contribution in [2.75, 3.05) is 12.5 Å². The largest absolute Gasteiger partial charge is 0.507 e. The summed E-state index contributed by atoms with van der Waals surface area (Å²) in [4.78, 5) is 19.0. The van der Waals surface area contributed by atoms with Gasteiger partial charge in [0.1, 0.15) is 23.1 Å². The van der Waals surface area contributed by atoms with Crippen molar-refractivity contribution in [2.24, 2.45) is 5.10 Å². The highest BCUT2D eigenvalue weighted by Gasteiger charge is 2.13. The van der Waals surface area contributed by atoms with Crippen LogP contribution in [0.4, 0.5) is 5.95 Å². The van der Waals surface area contributed by atoms with E-state index in [1.807, 2.05) is 19.1 Å². The minimum absolute atomic E-state index is 0.0371. The van der Waals surface area contributed by atoms with Crippen LogP contribution in [0.3, 0.4) is 0 Å². The fourth-order valence-corrected chi connectivity index (χ4v) is 2.61. The highest BCUT2D eigenvalue weighted by molar-refractivity contribution is 5.84. The van der Waals surface area contributed by atoms with Crippen LogP contribution in [0.15, 0.2) is 52.4 Å². The van der Waals surface area contributed by atoms with Crippen LogP contribution in [0, 0.1) is 18.3 Å². The van der Waals surface area contributed by atoms with E-state index in [1.165, 1.54) is 13.3 Å². The van der Waals surface area contributed by atoms with Gasteiger partial charge in [-0.3, -0.25) is 9.78 Å². The van der Waals surface area contributed by atoms with Gasteiger partial charge in [-0.25, -0.2) is 10.4 Å². The molecule has 0 spiro atoms. The molecule has 0 saturated carbocycles. The number of hydrogen-bond donors (Lipinski definition) is 3. The molecular weight excluding hydrogens is 358 g/mol. The van der Waals surface area contributed by atoms with Crippen molar-refractivity contribution >= 4 is 12.2 Å². The van der Waals surface area contributed by atoms with E-state index < -0.39 is 5.56 Å². The normalized spacial score (nSPS) is 10.6. The Morgan fingerprint density at radius 3 is 2.75 bits per heavy atom. The van der Waals surface area contributed by atoms with Crippen molar-refractivity contribution in [3.05, 3.63) is 69.5 Å². The number of aromatic nitrogens is 2. The molecule has 3 N–H and O–H groups in total. The minimum atomic E-state index is -0.575. The number of anilines is 1. The number of hydrazone groups is 1. The molecule has 2 aromatic carbocycles. The van der Waals surface area contributed by atoms with Gasteiger partial charge >= 0.3 is 0 Å². The minimum Gasteiger partial charge on any atom is -0.507 e. The number of nitrogens with one attached hydrogen (secondary N) is 2. The third-order valence-corrected chi connectivity index (χ3v) is 4.00. The Hall–Kier alpha value is -4.12. The van der Waals surface area contributed by atoms with Crippen molar-refractivity contribution in [1.29, 1.82) is 5.26 Å². The standard InChI is InChI=1S/C20H17N5O3/c1-12-8-16(26)14(9-17(12)28-2)11-22-25-20-23-18(13-6-4-3-5-7-13)15(10-21)19(27)24-20/h3-9,11,26H,1-2H3,(H2,23,24,25,27). The maximum Gasteiger partial charge on any atom is 0.270 e. The van der Waals surface area contributed by atoms with E-state index in [9.17, 15) is 15.2 Å². The third-order valence-electron chi connectivity index (χ3n) is 4.00. The molecule has 1 aromatic heterocycles. The molecule has 0 bridgehead atoms. The van der Waals surface area contributed by atoms with Gasteiger partial charge < -0.3 is 9.84 Å². The molecule has 0 radical (unpaired) electrons. The quantitative estimate of drug-likeness (QED) is 0.465. The van der Waals surface area contributed by atoms with Crippen LogP contribution in [-0.4, -0.2) is 28.4 Å². The molecule has 0 saturated heterocycles. The summed E-state index contributed by atoms with van der Waals surface area (Å²) in [6, 6.07) is 14.0. The number of hydrogen-bond acceptors (Lipinski definition) is 7. The van der Waals surface area contributed by atoms with Gasteiger partial charge in [0.2, 0.25) is 5.95 Å². The lowest BCUT2D eigenvalue weighted by atomic mass is 10.1. The summed E-state index contributed by atoms with van der Waals surface area (Å²) in [5, 5.41) is 23.3. The van der Waals surface area contributed by atoms with Gasteiger partial charge in [0.25, 0.3) is 5.56 Å². The van der Waals surface area contributed by atoms with E-state index in [0.717, 1.165) is 5.56 Å². The SMILES string of the molecule is COc1cc(C=NNc2nc(-c3ccccc3)c(C#N)c(=O)[nH]2)c(O)cc1C. The monoisotopic (exact) mass is 375 g/mol. The molecule has 3 aromatic rings. The summed E-state index contributed by atoms with van der Waals surface area (Å²) in [5.74, 6) is 0.711. The maximum absolute atomic E-state index is 12.2. The zero-order chi connectivity index (χ0) is 20.1. The Morgan fingerprint density at radius 2 is 2.07 bits per heavy atom. The molecule has 0 aliphatic carbocycles. The van der Waals surface area contributed by atoms with Gasteiger partial charge in [-0.15, -0.1) is 0 Å². The average molecular weight is 375 g/mol. The number of methoxy groups -OCH3 is 1. The molecule has 0 aliphatic heterocycles. The second-order valence-electron chi connectivity index (χ2n) is 5.87. The lowest BCUT2D eigenvalue weighted by Crippen LogP contribution is -2.16. The number of H-pyrrole nitrogens is 1. The summed E-state index contributed by atoms with van der Waals surface area (Å²) in [6.45, 7) is 1.81. The molecule has 0 fully saturated rings. The smallest absolute Gasteiger partial charge is 0.270 e. The first-order valence-corrected chi connectivity index (χ1v) is 8.30. The first-order valence-electron chi connectivity index (χ1n) is 8.30. The van der Waals surface area contributed by atoms with E-state index in [0.29, 0.717) is 16.9 Å². The second kappa shape index (κ2) is 8.05. The number of aromatic amines is 1. The van der Waals surface area contributed by atoms with Crippen LogP contribution < -0.4 is 15.7 Å². The Kier molecular flexibility index (Phi) is 5.37. The van der Waals surface area contributed by atoms with Crippen LogP contribution in [0.1, 0.15) is 16.7 Å². The number of aromatic hydroxyl groups is 1. The second-order valence-corrected chi connectivity index (χ2v) is 5.87. The number of phenols is 1. The molecule has 3 rings (SSSR count). The van der Waals surface area contributed by atoms with Crippen molar-refractivity contribution < 1.29 is 9.84 Å². The van der Waals surface area contributed by atoms with Crippen LogP contribution in [0.25, 0.3) is 11.3 Å². The highest BCUT2D eigenvalue weighted by atomic mass is 16.5. The average Bonchev–Trinajstić information content (AvgIpc) is 2.70. The van der Waals surface area contributed by atoms with Crippen molar-refractivity contribution in [3.8, 4) is 28.8 Å². The Balaban J connectivity index is 1.92. The lowest BCUT2D eigenvalue weighted by Gasteiger charge is -2.08. The Bertz CT molecular complexity index is 1130. The molecule has 8 nitrogen and oxygen atoms in total. The van der Waals surface area contributed by atoms with Gasteiger partial charge in [-0.2, -0.15) is 10.4 Å². The summed E-state index contributed by atoms with van der Waals surface area (Å²) in [5.41, 5.74) is 4.06. The first-order chi connectivity index (χ1) is 13.5. The first kappa shape index (κ1) is 18.7. The van der Waals surface area contributed by atoms with Gasteiger partial charge in [0.05, 0.1) is 19.0 Å². The van der Waals surface area contributed by atoms with Gasteiger partial charge in [-0.1, -0.05) is 30.3 Å². The van der Waals surface area contributed by atoms with Crippen LogP contribution in [0.2, 0.25) is 0 Å². The van der Waals surface area contributed by atoms with Crippen LogP contribution >= 0.6 is 0 Å². The third kappa shape index (κ3) is 3.83. The highest BCUT2D eigenvalue weighted by Crippen LogP contribution is 2.26. The number of aryl methyl sites for hydroxylation is 1. The predicted octanol–water partition coefficient (Wildman–Crippen LogP) is 2.78. The summed E-state index contributed by atoms with van der Waals surface area (Å²) in [6.07, 6.45) is 1.37. The zero-order valence-electron chi connectivity index (χ0n) is 15.2. The number of ether oxygens (including phenoxy) is 1. The number of nitrogens with zero attached hydrogens (tertiary/aromatic N) is 3. The Morgan fingerprint density at radius 1 is 1.32 bits per heavy atom. The van der Waals surface area contributed by atoms with Gasteiger partial charge in [-0.05, 0) is 24.6 Å². The maximum atomic E-state index is 12.2. The number of benzene rings is 2. The summed E-state index contributed by atoms with van der Waals surface area (Å²) in [7, 11) is 1.54. The van der Waals surface area contributed by atoms with Crippen LogP contribution in [0.5, 0.6) is 11.5 Å². The Labute approximate surface area is 160 Å². The molecule has 8 heteroatoms. The van der Waals surface area contributed by atoms with Crippen molar-refractivity contribution in [1.82, 2.24) is 9.97 Å².